The van der Waals surface area contributed by atoms with Gasteiger partial charge in [-0.2, -0.15) is 0 Å². The van der Waals surface area contributed by atoms with E-state index in [2.05, 4.69) is 299 Å². The molecule has 11 fully saturated rings. The second-order valence-electron chi connectivity index (χ2n) is 40.3. The quantitative estimate of drug-likeness (QED) is 0.191. The normalized spacial score (nSPS) is 26.8. The minimum atomic E-state index is 0.153. The van der Waals surface area contributed by atoms with Crippen molar-refractivity contribution >= 4 is 5.91 Å². The summed E-state index contributed by atoms with van der Waals surface area (Å²) in [6.45, 7) is 104. The van der Waals surface area contributed by atoms with Gasteiger partial charge in [0.2, 0.25) is 5.91 Å². The SMILES string of the molecule is C=C1CCCCN1C(C)C.CC(C)N1CCC(C)(C)C1.CC(C)N1CCCC1C.CC(C)N1CCCC1C.CC(C)N1CCCCC1C.CC(C)N1CCN(C(C)C)CC1.CC(C)N1CCNC(=O)C1.CC1CCCN(C(C)C)C1.CC1CCCN(C(C)C)C1.CC1CCCN(C(C)C)C1.CCC1CCCN1C(C)C. The van der Waals surface area contributed by atoms with E-state index in [1.807, 2.05) is 0 Å². The van der Waals surface area contributed by atoms with Gasteiger partial charge in [0.15, 0.2) is 0 Å². The highest BCUT2D eigenvalue weighted by molar-refractivity contribution is 5.78. The molecule has 1 N–H and O–H groups in total. The van der Waals surface area contributed by atoms with Gasteiger partial charge < -0.3 is 29.8 Å². The monoisotopic (exact) mass is 1550 g/mol. The number of nitrogens with one attached hydrogen (secondary N) is 1. The molecule has 14 heteroatoms. The van der Waals surface area contributed by atoms with Gasteiger partial charge in [-0.1, -0.05) is 54.5 Å². The molecule has 14 nitrogen and oxygen atoms in total. The average Bonchev–Trinajstić information content (AvgIpc) is 1.76. The number of nitrogens with zero attached hydrogens (tertiary/aromatic N) is 12. The minimum absolute atomic E-state index is 0.153. The zero-order valence-electron chi connectivity index (χ0n) is 80.7. The second-order valence-corrected chi connectivity index (χ2v) is 40.3. The van der Waals surface area contributed by atoms with Crippen molar-refractivity contribution in [3.63, 3.8) is 0 Å². The van der Waals surface area contributed by atoms with E-state index in [1.54, 1.807) is 0 Å². The Morgan fingerprint density at radius 3 is 0.909 bits per heavy atom. The molecule has 7 unspecified atom stereocenters. The summed E-state index contributed by atoms with van der Waals surface area (Å²) >= 11 is 0. The fourth-order valence-electron chi connectivity index (χ4n) is 18.4. The maximum absolute atomic E-state index is 10.8. The summed E-state index contributed by atoms with van der Waals surface area (Å²) in [6, 6.07) is 12.0. The summed E-state index contributed by atoms with van der Waals surface area (Å²) in [5.41, 5.74) is 1.91. The number of hydrogen-bond acceptors (Lipinski definition) is 13. The van der Waals surface area contributed by atoms with Crippen LogP contribution in [0.1, 0.15) is 357 Å². The lowest BCUT2D eigenvalue weighted by molar-refractivity contribution is -0.124. The average molecular weight is 1550 g/mol. The van der Waals surface area contributed by atoms with Crippen molar-refractivity contribution in [2.45, 2.75) is 454 Å². The highest BCUT2D eigenvalue weighted by atomic mass is 16.2. The minimum Gasteiger partial charge on any atom is -0.373 e. The summed E-state index contributed by atoms with van der Waals surface area (Å²) in [5, 5.41) is 2.79. The van der Waals surface area contributed by atoms with Crippen molar-refractivity contribution < 1.29 is 4.79 Å². The zero-order valence-corrected chi connectivity index (χ0v) is 80.7. The van der Waals surface area contributed by atoms with Gasteiger partial charge in [0.05, 0.1) is 6.54 Å². The summed E-state index contributed by atoms with van der Waals surface area (Å²) in [4.78, 5) is 41.2. The number of rotatable bonds is 13. The van der Waals surface area contributed by atoms with Crippen LogP contribution in [0.15, 0.2) is 12.3 Å². The van der Waals surface area contributed by atoms with E-state index in [9.17, 15) is 4.79 Å². The molecule has 0 bridgehead atoms. The lowest BCUT2D eigenvalue weighted by atomic mass is 9.93. The first-order chi connectivity index (χ1) is 51.5. The molecule has 11 saturated heterocycles. The van der Waals surface area contributed by atoms with Crippen LogP contribution in [0.5, 0.6) is 0 Å². The standard InChI is InChI=1S/C10H22N2.5C9H19N.C9H17N.C9H19N.2C8H17N.C7H14N2O/c1-9(2)11-5-7-12(8-6-11)10(3)4;1-8(2)10-6-5-9(3,4)7-10;3*1-8(2)10-6-4-5-9(3)7-10;2*1-8(2)10-7-5-4-6-9(10)3;1-4-9-6-5-7-10(9)8(2)3;2*1-7(2)9-6-4-5-8(9)3;1-6(2)9-4-3-8-7(10)5-9/h9-10H,5-8H2,1-4H3;8H,5-7H2,1-4H3;4*8-9H,4-7H2,1-3H3;8H,3-7H2,1-2H3;8-9H,4-7H2,1-3H3;2*7-8H,4-6H2,1-3H3;6H,3-5H2,1-2H3,(H,8,10). The highest BCUT2D eigenvalue weighted by Crippen LogP contribution is 2.30. The molecule has 11 heterocycles. The maximum Gasteiger partial charge on any atom is 0.234 e. The Morgan fingerprint density at radius 1 is 0.345 bits per heavy atom. The van der Waals surface area contributed by atoms with E-state index in [0.29, 0.717) is 24.0 Å². The fraction of sp³-hybridized carbons (Fsp3) is 0.969. The van der Waals surface area contributed by atoms with Gasteiger partial charge in [-0.25, -0.2) is 0 Å². The van der Waals surface area contributed by atoms with Gasteiger partial charge in [0, 0.05) is 174 Å². The third-order valence-corrected chi connectivity index (χ3v) is 26.1. The van der Waals surface area contributed by atoms with Gasteiger partial charge >= 0.3 is 0 Å². The number of allylic oxidation sites excluding steroid dienone is 1. The van der Waals surface area contributed by atoms with Crippen LogP contribution in [-0.2, 0) is 4.79 Å². The molecule has 11 aliphatic rings. The topological polar surface area (TPSA) is 68.0 Å². The fourth-order valence-corrected chi connectivity index (χ4v) is 18.4. The Bertz CT molecular complexity index is 2110. The number of hydrogen-bond donors (Lipinski definition) is 1. The van der Waals surface area contributed by atoms with Gasteiger partial charge in [-0.05, 0) is 384 Å². The highest BCUT2D eigenvalue weighted by Gasteiger charge is 2.31. The molecular formula is C96H201N13O. The second kappa shape index (κ2) is 58.5. The molecule has 7 atom stereocenters. The number of carbonyl (C=O) groups excluding carboxylic acids is 1. The molecule has 0 aromatic carbocycles. The van der Waals surface area contributed by atoms with E-state index in [4.69, 9.17) is 0 Å². The molecule has 0 spiro atoms. The van der Waals surface area contributed by atoms with Crippen molar-refractivity contribution in [2.24, 2.45) is 23.2 Å². The first kappa shape index (κ1) is 107. The number of likely N-dealkylation sites (tertiary alicyclic amines) is 9. The summed E-state index contributed by atoms with van der Waals surface area (Å²) in [6.07, 6.45) is 27.8. The van der Waals surface area contributed by atoms with Crippen molar-refractivity contribution in [1.29, 1.82) is 0 Å². The summed E-state index contributed by atoms with van der Waals surface area (Å²) in [5.74, 6) is 2.93. The molecule has 11 aliphatic heterocycles. The molecular weight excluding hydrogens is 1350 g/mol. The van der Waals surface area contributed by atoms with E-state index in [1.165, 1.54) is 245 Å². The van der Waals surface area contributed by atoms with Crippen LogP contribution in [-0.4, -0.2) is 292 Å². The third kappa shape index (κ3) is 45.5. The van der Waals surface area contributed by atoms with E-state index in [0.717, 1.165) is 115 Å². The van der Waals surface area contributed by atoms with Crippen LogP contribution in [0.25, 0.3) is 0 Å². The van der Waals surface area contributed by atoms with Gasteiger partial charge in [0.25, 0.3) is 0 Å². The van der Waals surface area contributed by atoms with Crippen molar-refractivity contribution in [1.82, 2.24) is 64.1 Å². The molecule has 0 aliphatic carbocycles. The molecule has 110 heavy (non-hydrogen) atoms. The molecule has 656 valence electrons. The lowest BCUT2D eigenvalue weighted by Gasteiger charge is -2.38. The van der Waals surface area contributed by atoms with Gasteiger partial charge in [-0.15, -0.1) is 0 Å². The van der Waals surface area contributed by atoms with Crippen molar-refractivity contribution in [3.8, 4) is 0 Å². The number of amides is 1. The summed E-state index contributed by atoms with van der Waals surface area (Å²) in [7, 11) is 0. The zero-order chi connectivity index (χ0) is 83.5. The van der Waals surface area contributed by atoms with Gasteiger partial charge in [0.1, 0.15) is 0 Å². The van der Waals surface area contributed by atoms with Crippen LogP contribution in [0.3, 0.4) is 0 Å². The molecule has 0 radical (unpaired) electrons. The number of carbonyl (C=O) groups is 1. The Morgan fingerprint density at radius 2 is 0.682 bits per heavy atom. The van der Waals surface area contributed by atoms with Gasteiger partial charge in [-0.3, -0.25) is 39.1 Å². The maximum atomic E-state index is 10.8. The Labute approximate surface area is 691 Å². The predicted octanol–water partition coefficient (Wildman–Crippen LogP) is 20.4. The number of piperidine rings is 5. The van der Waals surface area contributed by atoms with E-state index < -0.39 is 0 Å². The van der Waals surface area contributed by atoms with Crippen molar-refractivity contribution in [3.05, 3.63) is 12.3 Å². The van der Waals surface area contributed by atoms with Crippen molar-refractivity contribution in [2.75, 3.05) is 131 Å². The molecule has 11 rings (SSSR count). The lowest BCUT2D eigenvalue weighted by Crippen LogP contribution is -2.50. The molecule has 1 amide bonds. The smallest absolute Gasteiger partial charge is 0.234 e. The van der Waals surface area contributed by atoms with Crippen LogP contribution in [0.2, 0.25) is 0 Å². The van der Waals surface area contributed by atoms with E-state index >= 15 is 0 Å². The first-order valence-corrected chi connectivity index (χ1v) is 47.5. The summed E-state index contributed by atoms with van der Waals surface area (Å²) < 4.78 is 0. The molecule has 0 aromatic rings. The Hall–Kier alpha value is -1.43. The third-order valence-electron chi connectivity index (χ3n) is 26.1. The molecule has 0 aromatic heterocycles. The van der Waals surface area contributed by atoms with E-state index in [-0.39, 0.29) is 5.91 Å². The number of piperazine rings is 2. The predicted molar refractivity (Wildman–Crippen MR) is 490 cm³/mol. The first-order valence-electron chi connectivity index (χ1n) is 47.5. The van der Waals surface area contributed by atoms with Crippen LogP contribution >= 0.6 is 0 Å². The Balaban J connectivity index is 0.000000605. The Kier molecular flexibility index (Phi) is 56.6. The van der Waals surface area contributed by atoms with Crippen LogP contribution < -0.4 is 5.32 Å². The van der Waals surface area contributed by atoms with Crippen LogP contribution in [0, 0.1) is 23.2 Å². The van der Waals surface area contributed by atoms with Crippen LogP contribution in [0.4, 0.5) is 0 Å². The molecule has 0 saturated carbocycles. The largest absolute Gasteiger partial charge is 0.373 e.